The first kappa shape index (κ1) is 17.1. The molecule has 3 aliphatic heterocycles. The molecule has 0 aromatic rings. The van der Waals surface area contributed by atoms with E-state index in [4.69, 9.17) is 18.9 Å². The van der Waals surface area contributed by atoms with Gasteiger partial charge < -0.3 is 18.9 Å². The van der Waals surface area contributed by atoms with Gasteiger partial charge in [0.1, 0.15) is 23.9 Å². The van der Waals surface area contributed by atoms with Gasteiger partial charge in [0, 0.05) is 17.9 Å². The molecule has 2 aliphatic carbocycles. The first-order valence-corrected chi connectivity index (χ1v) is 9.27. The molecule has 0 N–H and O–H groups in total. The Hall–Kier alpha value is -1.99. The van der Waals surface area contributed by atoms with Gasteiger partial charge >= 0.3 is 11.9 Å². The van der Waals surface area contributed by atoms with Gasteiger partial charge in [-0.2, -0.15) is 0 Å². The monoisotopic (exact) mass is 374 g/mol. The van der Waals surface area contributed by atoms with Crippen LogP contribution >= 0.6 is 0 Å². The Morgan fingerprint density at radius 1 is 1.22 bits per heavy atom. The summed E-state index contributed by atoms with van der Waals surface area (Å²) < 4.78 is 22.4. The Balaban J connectivity index is 1.51. The summed E-state index contributed by atoms with van der Waals surface area (Å²) in [5.74, 6) is -2.36. The minimum atomic E-state index is -0.976. The quantitative estimate of drug-likeness (QED) is 0.309. The third-order valence-electron chi connectivity index (χ3n) is 7.14. The number of fused-ring (bicyclic) bond motifs is 5. The van der Waals surface area contributed by atoms with Crippen molar-refractivity contribution in [3.8, 4) is 0 Å². The first-order chi connectivity index (χ1) is 12.6. The molecular weight excluding hydrogens is 352 g/mol. The van der Waals surface area contributed by atoms with E-state index in [0.29, 0.717) is 5.57 Å². The summed E-state index contributed by atoms with van der Waals surface area (Å²) in [6.45, 7) is 13.3. The smallest absolute Gasteiger partial charge is 0.341 e. The summed E-state index contributed by atoms with van der Waals surface area (Å²) in [5, 5.41) is 0. The molecule has 0 unspecified atom stereocenters. The van der Waals surface area contributed by atoms with E-state index in [-0.39, 0.29) is 29.8 Å². The average Bonchev–Trinajstić information content (AvgIpc) is 3.40. The summed E-state index contributed by atoms with van der Waals surface area (Å²) in [6, 6.07) is 0. The number of esters is 2. The van der Waals surface area contributed by atoms with Crippen LogP contribution in [0.2, 0.25) is 0 Å². The molecule has 7 heteroatoms. The van der Waals surface area contributed by atoms with Crippen molar-refractivity contribution in [2.24, 2.45) is 17.8 Å². The van der Waals surface area contributed by atoms with Crippen LogP contribution in [0.15, 0.2) is 24.3 Å². The molecule has 5 aliphatic rings. The normalized spacial score (nSPS) is 52.5. The van der Waals surface area contributed by atoms with E-state index in [0.717, 1.165) is 0 Å². The van der Waals surface area contributed by atoms with Crippen LogP contribution in [0.3, 0.4) is 0 Å². The predicted octanol–water partition coefficient (Wildman–Crippen LogP) is 1.11. The van der Waals surface area contributed by atoms with Gasteiger partial charge in [0.25, 0.3) is 0 Å². The molecule has 0 radical (unpaired) electrons. The lowest BCUT2D eigenvalue weighted by molar-refractivity contribution is -0.159. The highest BCUT2D eigenvalue weighted by Crippen LogP contribution is 2.62. The van der Waals surface area contributed by atoms with Gasteiger partial charge in [-0.05, 0) is 20.8 Å². The molecule has 0 amide bonds. The Labute approximate surface area is 156 Å². The number of rotatable bonds is 2. The van der Waals surface area contributed by atoms with E-state index in [1.807, 2.05) is 6.92 Å². The molecule has 0 bridgehead atoms. The lowest BCUT2D eigenvalue weighted by Crippen LogP contribution is -2.42. The number of ketones is 1. The molecule has 0 spiro atoms. The number of ether oxygens (including phenoxy) is 4. The maximum absolute atomic E-state index is 12.8. The number of hydrogen-bond donors (Lipinski definition) is 0. The zero-order valence-corrected chi connectivity index (χ0v) is 15.5. The van der Waals surface area contributed by atoms with Crippen LogP contribution < -0.4 is 0 Å². The second-order valence-electron chi connectivity index (χ2n) is 8.68. The van der Waals surface area contributed by atoms with Gasteiger partial charge in [0.2, 0.25) is 0 Å². The third-order valence-corrected chi connectivity index (χ3v) is 7.14. The summed E-state index contributed by atoms with van der Waals surface area (Å²) in [5.41, 5.74) is -0.692. The van der Waals surface area contributed by atoms with Crippen LogP contribution in [0.5, 0.6) is 0 Å². The van der Waals surface area contributed by atoms with Crippen LogP contribution in [0.4, 0.5) is 0 Å². The van der Waals surface area contributed by atoms with Gasteiger partial charge in [-0.3, -0.25) is 4.79 Å². The average molecular weight is 374 g/mol. The first-order valence-electron chi connectivity index (χ1n) is 9.27. The van der Waals surface area contributed by atoms with Gasteiger partial charge in [-0.25, -0.2) is 9.59 Å². The van der Waals surface area contributed by atoms with Gasteiger partial charge in [0.15, 0.2) is 11.4 Å². The van der Waals surface area contributed by atoms with Gasteiger partial charge in [-0.15, -0.1) is 0 Å². The summed E-state index contributed by atoms with van der Waals surface area (Å²) in [6.07, 6.45) is -1.72. The zero-order valence-electron chi connectivity index (χ0n) is 15.5. The molecule has 0 aromatic carbocycles. The van der Waals surface area contributed by atoms with E-state index in [9.17, 15) is 14.4 Å². The minimum Gasteiger partial charge on any atom is -0.459 e. The molecule has 9 atom stereocenters. The van der Waals surface area contributed by atoms with Crippen molar-refractivity contribution in [3.63, 3.8) is 0 Å². The zero-order chi connectivity index (χ0) is 19.5. The minimum absolute atomic E-state index is 0.0297. The molecule has 7 nitrogen and oxygen atoms in total. The molecule has 3 saturated heterocycles. The van der Waals surface area contributed by atoms with Crippen molar-refractivity contribution < 1.29 is 33.3 Å². The van der Waals surface area contributed by atoms with Gasteiger partial charge in [-0.1, -0.05) is 18.7 Å². The maximum Gasteiger partial charge on any atom is 0.341 e. The number of carbonyl (C=O) groups excluding carboxylic acids is 3. The predicted molar refractivity (Wildman–Crippen MR) is 90.4 cm³/mol. The van der Waals surface area contributed by atoms with Crippen LogP contribution in [0.1, 0.15) is 27.2 Å². The SMILES string of the molecule is C=C1C[C@H](OC(=O)[C@@]2(C)O[C@H]2C)[C@@H]2C(=C)C(=O)O[C@H]2[C@H]2[C@@H]1C(=O)[C@@H]1O[C@]21C. The molecule has 2 saturated carbocycles. The number of hydrogen-bond acceptors (Lipinski definition) is 7. The highest BCUT2D eigenvalue weighted by molar-refractivity contribution is 5.96. The van der Waals surface area contributed by atoms with Crippen molar-refractivity contribution >= 4 is 17.7 Å². The van der Waals surface area contributed by atoms with E-state index >= 15 is 0 Å². The van der Waals surface area contributed by atoms with E-state index in [2.05, 4.69) is 13.2 Å². The van der Waals surface area contributed by atoms with E-state index < -0.39 is 53.3 Å². The fourth-order valence-electron chi connectivity index (χ4n) is 5.22. The van der Waals surface area contributed by atoms with Crippen molar-refractivity contribution in [3.05, 3.63) is 24.3 Å². The van der Waals surface area contributed by atoms with E-state index in [1.165, 1.54) is 0 Å². The summed E-state index contributed by atoms with van der Waals surface area (Å²) in [7, 11) is 0. The van der Waals surface area contributed by atoms with Crippen molar-refractivity contribution in [2.75, 3.05) is 0 Å². The molecule has 5 rings (SSSR count). The fraction of sp³-hybridized carbons (Fsp3) is 0.650. The molecule has 144 valence electrons. The summed E-state index contributed by atoms with van der Waals surface area (Å²) >= 11 is 0. The highest BCUT2D eigenvalue weighted by atomic mass is 16.7. The Bertz CT molecular complexity index is 830. The number of carbonyl (C=O) groups is 3. The fourth-order valence-corrected chi connectivity index (χ4v) is 5.22. The van der Waals surface area contributed by atoms with Crippen molar-refractivity contribution in [1.29, 1.82) is 0 Å². The Morgan fingerprint density at radius 3 is 2.52 bits per heavy atom. The molecule has 3 heterocycles. The van der Waals surface area contributed by atoms with Crippen LogP contribution in [-0.4, -0.2) is 53.3 Å². The van der Waals surface area contributed by atoms with Gasteiger partial charge in [0.05, 0.1) is 17.9 Å². The molecular formula is C20H22O7. The Kier molecular flexibility index (Phi) is 3.10. The largest absolute Gasteiger partial charge is 0.459 e. The van der Waals surface area contributed by atoms with Crippen molar-refractivity contribution in [2.45, 2.75) is 62.8 Å². The Morgan fingerprint density at radius 2 is 1.89 bits per heavy atom. The summed E-state index contributed by atoms with van der Waals surface area (Å²) in [4.78, 5) is 37.7. The number of epoxide rings is 2. The third kappa shape index (κ3) is 2.01. The van der Waals surface area contributed by atoms with Crippen LogP contribution in [0.25, 0.3) is 0 Å². The number of Topliss-reactive ketones (excluding diaryl/α,β-unsaturated/α-hetero) is 1. The van der Waals surface area contributed by atoms with Crippen LogP contribution in [0, 0.1) is 17.8 Å². The highest BCUT2D eigenvalue weighted by Gasteiger charge is 2.76. The molecule has 27 heavy (non-hydrogen) atoms. The lowest BCUT2D eigenvalue weighted by Gasteiger charge is -2.30. The van der Waals surface area contributed by atoms with E-state index in [1.54, 1.807) is 13.8 Å². The lowest BCUT2D eigenvalue weighted by atomic mass is 9.78. The maximum atomic E-state index is 12.8. The second-order valence-corrected chi connectivity index (χ2v) is 8.68. The standard InChI is InChI=1S/C20H22O7/c1-7-6-10(24-18(23)19(4)9(3)26-19)12-8(2)17(22)25-15(12)13-11(7)14(21)16-20(13,5)27-16/h9-13,15-16H,1-2,6H2,3-5H3/t9-,10-,11+,12-,13+,15+,16-,19-,20+/m0/s1. The van der Waals surface area contributed by atoms with Crippen molar-refractivity contribution in [1.82, 2.24) is 0 Å². The second kappa shape index (κ2) is 4.89. The topological polar surface area (TPSA) is 94.7 Å². The molecule has 0 aromatic heterocycles. The van der Waals surface area contributed by atoms with Crippen LogP contribution in [-0.2, 0) is 33.3 Å². The molecule has 5 fully saturated rings.